The third-order valence-electron chi connectivity index (χ3n) is 3.90. The van der Waals surface area contributed by atoms with Crippen LogP contribution < -0.4 is 10.9 Å². The normalized spacial score (nSPS) is 11.8. The number of rotatable bonds is 6. The van der Waals surface area contributed by atoms with E-state index in [0.29, 0.717) is 11.4 Å². The molecule has 29 heavy (non-hydrogen) atoms. The molecule has 0 aliphatic rings. The summed E-state index contributed by atoms with van der Waals surface area (Å²) in [5, 5.41) is 8.04. The summed E-state index contributed by atoms with van der Waals surface area (Å²) in [6.45, 7) is 3.50. The van der Waals surface area contributed by atoms with Crippen molar-refractivity contribution in [3.05, 3.63) is 83.8 Å². The smallest absolute Gasteiger partial charge is 0.307 e. The first-order chi connectivity index (χ1) is 14.0. The quantitative estimate of drug-likeness (QED) is 0.494. The number of nitrogens with zero attached hydrogens (tertiary/aromatic N) is 4. The third kappa shape index (κ3) is 5.19. The Morgan fingerprint density at radius 1 is 0.724 bits per heavy atom. The Balaban J connectivity index is 1.61. The van der Waals surface area contributed by atoms with Crippen LogP contribution >= 0.6 is 0 Å². The van der Waals surface area contributed by atoms with Crippen molar-refractivity contribution in [2.24, 2.45) is 10.2 Å². The molecule has 2 amide bonds. The molecular weight excluding hydrogens is 372 g/mol. The van der Waals surface area contributed by atoms with E-state index in [1.807, 2.05) is 0 Å². The lowest BCUT2D eigenvalue weighted by atomic mass is 10.2. The summed E-state index contributed by atoms with van der Waals surface area (Å²) in [6, 6.07) is 9.87. The van der Waals surface area contributed by atoms with Crippen molar-refractivity contribution in [1.29, 1.82) is 0 Å². The Bertz CT molecular complexity index is 974. The van der Waals surface area contributed by atoms with Crippen LogP contribution in [0.25, 0.3) is 0 Å². The first kappa shape index (κ1) is 19.6. The average Bonchev–Trinajstić information content (AvgIpc) is 3.27. The number of nitrogens with one attached hydrogen (secondary N) is 2. The zero-order chi connectivity index (χ0) is 20.6. The van der Waals surface area contributed by atoms with E-state index in [2.05, 4.69) is 31.0 Å². The molecule has 0 aromatic carbocycles. The summed E-state index contributed by atoms with van der Waals surface area (Å²) in [4.78, 5) is 32.2. The Morgan fingerprint density at radius 2 is 1.10 bits per heavy atom. The molecule has 0 saturated carbocycles. The SMILES string of the molecule is CC(=NNC(=O)c1ccc(C(=O)NN=C(C)c2ccncc2)o1)c1ccncc1. The van der Waals surface area contributed by atoms with Crippen LogP contribution in [0.2, 0.25) is 0 Å². The van der Waals surface area contributed by atoms with Gasteiger partial charge in [0, 0.05) is 35.9 Å². The second-order valence-corrected chi connectivity index (χ2v) is 5.91. The van der Waals surface area contributed by atoms with Gasteiger partial charge < -0.3 is 4.42 Å². The molecule has 3 rings (SSSR count). The van der Waals surface area contributed by atoms with Gasteiger partial charge in [0.05, 0.1) is 11.4 Å². The molecule has 9 heteroatoms. The highest BCUT2D eigenvalue weighted by molar-refractivity contribution is 6.01. The van der Waals surface area contributed by atoms with Gasteiger partial charge in [0.1, 0.15) is 0 Å². The summed E-state index contributed by atoms with van der Waals surface area (Å²) >= 11 is 0. The van der Waals surface area contributed by atoms with Gasteiger partial charge >= 0.3 is 11.8 Å². The van der Waals surface area contributed by atoms with Gasteiger partial charge in [-0.2, -0.15) is 10.2 Å². The van der Waals surface area contributed by atoms with Gasteiger partial charge in [-0.1, -0.05) is 0 Å². The zero-order valence-corrected chi connectivity index (χ0v) is 15.8. The van der Waals surface area contributed by atoms with E-state index in [0.717, 1.165) is 11.1 Å². The third-order valence-corrected chi connectivity index (χ3v) is 3.90. The molecule has 3 aromatic rings. The summed E-state index contributed by atoms with van der Waals surface area (Å²) < 4.78 is 5.30. The number of pyridine rings is 2. The van der Waals surface area contributed by atoms with Crippen molar-refractivity contribution in [2.75, 3.05) is 0 Å². The first-order valence-electron chi connectivity index (χ1n) is 8.64. The molecule has 0 atom stereocenters. The van der Waals surface area contributed by atoms with E-state index in [1.54, 1.807) is 62.9 Å². The molecule has 0 aliphatic heterocycles. The van der Waals surface area contributed by atoms with Crippen molar-refractivity contribution in [3.63, 3.8) is 0 Å². The predicted octanol–water partition coefficient (Wildman–Crippen LogP) is 2.38. The van der Waals surface area contributed by atoms with E-state index >= 15 is 0 Å². The molecule has 3 heterocycles. The Labute approximate surface area is 166 Å². The number of carbonyl (C=O) groups excluding carboxylic acids is 2. The highest BCUT2D eigenvalue weighted by Gasteiger charge is 2.15. The number of hydrogen-bond donors (Lipinski definition) is 2. The van der Waals surface area contributed by atoms with Crippen LogP contribution in [-0.4, -0.2) is 33.2 Å². The summed E-state index contributed by atoms with van der Waals surface area (Å²) in [7, 11) is 0. The number of hydrazone groups is 2. The van der Waals surface area contributed by atoms with Crippen molar-refractivity contribution in [1.82, 2.24) is 20.8 Å². The molecular formula is C20H18N6O3. The monoisotopic (exact) mass is 390 g/mol. The maximum absolute atomic E-state index is 12.2. The van der Waals surface area contributed by atoms with E-state index in [-0.39, 0.29) is 11.5 Å². The first-order valence-corrected chi connectivity index (χ1v) is 8.64. The molecule has 3 aromatic heterocycles. The highest BCUT2D eigenvalue weighted by atomic mass is 16.4. The Hall–Kier alpha value is -4.14. The minimum atomic E-state index is -0.575. The fraction of sp³-hybridized carbons (Fsp3) is 0.100. The molecule has 0 unspecified atom stereocenters. The van der Waals surface area contributed by atoms with Crippen LogP contribution in [0.15, 0.2) is 75.8 Å². The van der Waals surface area contributed by atoms with Crippen molar-refractivity contribution < 1.29 is 14.0 Å². The lowest BCUT2D eigenvalue weighted by Crippen LogP contribution is -2.20. The van der Waals surface area contributed by atoms with E-state index in [4.69, 9.17) is 4.42 Å². The Morgan fingerprint density at radius 3 is 1.48 bits per heavy atom. The fourth-order valence-electron chi connectivity index (χ4n) is 2.28. The molecule has 0 fully saturated rings. The van der Waals surface area contributed by atoms with Crippen LogP contribution in [0.4, 0.5) is 0 Å². The van der Waals surface area contributed by atoms with Crippen molar-refractivity contribution in [3.8, 4) is 0 Å². The number of carbonyl (C=O) groups is 2. The summed E-state index contributed by atoms with van der Waals surface area (Å²) in [5.74, 6) is -1.24. The molecule has 0 bridgehead atoms. The zero-order valence-electron chi connectivity index (χ0n) is 15.8. The van der Waals surface area contributed by atoms with E-state index < -0.39 is 11.8 Å². The number of furan rings is 1. The molecule has 0 aliphatic carbocycles. The number of amides is 2. The van der Waals surface area contributed by atoms with Gasteiger partial charge in [0.25, 0.3) is 0 Å². The molecule has 2 N–H and O–H groups in total. The second kappa shape index (κ2) is 9.18. The minimum absolute atomic E-state index is 0.0451. The minimum Gasteiger partial charge on any atom is -0.446 e. The average molecular weight is 390 g/mol. The summed E-state index contributed by atoms with van der Waals surface area (Å²) in [5.41, 5.74) is 7.63. The van der Waals surface area contributed by atoms with Gasteiger partial charge in [0.2, 0.25) is 0 Å². The topological polar surface area (TPSA) is 122 Å². The fourth-order valence-corrected chi connectivity index (χ4v) is 2.28. The molecule has 0 radical (unpaired) electrons. The predicted molar refractivity (Wildman–Crippen MR) is 107 cm³/mol. The van der Waals surface area contributed by atoms with Gasteiger partial charge in [-0.25, -0.2) is 10.9 Å². The van der Waals surface area contributed by atoms with Gasteiger partial charge in [-0.3, -0.25) is 19.6 Å². The summed E-state index contributed by atoms with van der Waals surface area (Å²) in [6.07, 6.45) is 6.53. The van der Waals surface area contributed by atoms with Crippen LogP contribution in [0.1, 0.15) is 46.1 Å². The van der Waals surface area contributed by atoms with Crippen LogP contribution in [-0.2, 0) is 0 Å². The standard InChI is InChI=1S/C20H18N6O3/c1-13(15-5-9-21-10-6-15)23-25-19(27)17-3-4-18(29-17)20(28)26-24-14(2)16-7-11-22-12-8-16/h3-12H,1-2H3,(H,25,27)(H,26,28). The lowest BCUT2D eigenvalue weighted by molar-refractivity contribution is 0.0902. The van der Waals surface area contributed by atoms with Gasteiger partial charge in [-0.15, -0.1) is 0 Å². The largest absolute Gasteiger partial charge is 0.446 e. The van der Waals surface area contributed by atoms with Gasteiger partial charge in [-0.05, 0) is 50.2 Å². The molecule has 9 nitrogen and oxygen atoms in total. The van der Waals surface area contributed by atoms with Crippen molar-refractivity contribution >= 4 is 23.2 Å². The lowest BCUT2D eigenvalue weighted by Gasteiger charge is -2.02. The van der Waals surface area contributed by atoms with Crippen LogP contribution in [0.5, 0.6) is 0 Å². The second-order valence-electron chi connectivity index (χ2n) is 5.91. The molecule has 0 spiro atoms. The van der Waals surface area contributed by atoms with Crippen LogP contribution in [0, 0.1) is 0 Å². The van der Waals surface area contributed by atoms with E-state index in [9.17, 15) is 9.59 Å². The van der Waals surface area contributed by atoms with Crippen LogP contribution in [0.3, 0.4) is 0 Å². The number of hydrogen-bond acceptors (Lipinski definition) is 7. The van der Waals surface area contributed by atoms with Gasteiger partial charge in [0.15, 0.2) is 11.5 Å². The van der Waals surface area contributed by atoms with E-state index in [1.165, 1.54) is 12.1 Å². The molecule has 146 valence electrons. The maximum Gasteiger partial charge on any atom is 0.307 e. The Kier molecular flexibility index (Phi) is 6.21. The molecule has 0 saturated heterocycles. The maximum atomic E-state index is 12.2. The van der Waals surface area contributed by atoms with Crippen molar-refractivity contribution in [2.45, 2.75) is 13.8 Å². The number of aromatic nitrogens is 2. The highest BCUT2D eigenvalue weighted by Crippen LogP contribution is 2.08.